The van der Waals surface area contributed by atoms with Gasteiger partial charge < -0.3 is 5.73 Å². The standard InChI is InChI=1S/C16H24N2/c17-15-8-11-18(12-14-6-2-1-3-7-14)13-16(15)9-4-5-10-16/h1-3,6-7,15H,4-5,8-13,17H2. The van der Waals surface area contributed by atoms with Crippen molar-refractivity contribution < 1.29 is 0 Å². The van der Waals surface area contributed by atoms with Crippen molar-refractivity contribution in [3.63, 3.8) is 0 Å². The first-order valence-corrected chi connectivity index (χ1v) is 7.30. The monoisotopic (exact) mass is 244 g/mol. The van der Waals surface area contributed by atoms with E-state index in [1.807, 2.05) is 0 Å². The quantitative estimate of drug-likeness (QED) is 0.867. The van der Waals surface area contributed by atoms with E-state index in [-0.39, 0.29) is 0 Å². The van der Waals surface area contributed by atoms with Crippen molar-refractivity contribution in [2.45, 2.75) is 44.7 Å². The predicted molar refractivity (Wildman–Crippen MR) is 75.2 cm³/mol. The van der Waals surface area contributed by atoms with Gasteiger partial charge in [-0.05, 0) is 30.2 Å². The highest BCUT2D eigenvalue weighted by Crippen LogP contribution is 2.44. The van der Waals surface area contributed by atoms with Crippen LogP contribution in [0.2, 0.25) is 0 Å². The minimum absolute atomic E-state index is 0.437. The van der Waals surface area contributed by atoms with E-state index in [1.54, 1.807) is 0 Å². The fourth-order valence-electron chi connectivity index (χ4n) is 3.85. The summed E-state index contributed by atoms with van der Waals surface area (Å²) in [5.74, 6) is 0. The van der Waals surface area contributed by atoms with Gasteiger partial charge in [-0.3, -0.25) is 4.90 Å². The predicted octanol–water partition coefficient (Wildman–Crippen LogP) is 2.78. The molecule has 1 atom stereocenters. The SMILES string of the molecule is NC1CCN(Cc2ccccc2)CC12CCCC2. The van der Waals surface area contributed by atoms with Crippen LogP contribution in [0.1, 0.15) is 37.7 Å². The Balaban J connectivity index is 1.68. The molecule has 1 unspecified atom stereocenters. The van der Waals surface area contributed by atoms with E-state index < -0.39 is 0 Å². The minimum atomic E-state index is 0.437. The van der Waals surface area contributed by atoms with Crippen LogP contribution in [-0.2, 0) is 6.54 Å². The molecule has 1 saturated carbocycles. The Morgan fingerprint density at radius 3 is 2.61 bits per heavy atom. The van der Waals surface area contributed by atoms with Crippen molar-refractivity contribution in [3.8, 4) is 0 Å². The second kappa shape index (κ2) is 5.02. The van der Waals surface area contributed by atoms with E-state index in [2.05, 4.69) is 35.2 Å². The smallest absolute Gasteiger partial charge is 0.0233 e. The molecular formula is C16H24N2. The number of nitrogens with zero attached hydrogens (tertiary/aromatic N) is 1. The molecule has 2 heteroatoms. The van der Waals surface area contributed by atoms with Crippen molar-refractivity contribution >= 4 is 0 Å². The summed E-state index contributed by atoms with van der Waals surface area (Å²) in [6.45, 7) is 3.47. The summed E-state index contributed by atoms with van der Waals surface area (Å²) in [6.07, 6.45) is 6.63. The van der Waals surface area contributed by atoms with Gasteiger partial charge in [0.2, 0.25) is 0 Å². The number of nitrogens with two attached hydrogens (primary N) is 1. The van der Waals surface area contributed by atoms with Crippen molar-refractivity contribution in [2.24, 2.45) is 11.1 Å². The molecule has 1 saturated heterocycles. The first-order valence-electron chi connectivity index (χ1n) is 7.30. The molecule has 18 heavy (non-hydrogen) atoms. The van der Waals surface area contributed by atoms with Crippen molar-refractivity contribution in [3.05, 3.63) is 35.9 Å². The van der Waals surface area contributed by atoms with Gasteiger partial charge >= 0.3 is 0 Å². The molecule has 2 aliphatic rings. The van der Waals surface area contributed by atoms with Crippen LogP contribution in [0.15, 0.2) is 30.3 Å². The minimum Gasteiger partial charge on any atom is -0.327 e. The van der Waals surface area contributed by atoms with Crippen LogP contribution in [0.4, 0.5) is 0 Å². The number of benzene rings is 1. The summed E-state index contributed by atoms with van der Waals surface area (Å²) >= 11 is 0. The molecule has 1 spiro atoms. The Morgan fingerprint density at radius 1 is 1.17 bits per heavy atom. The molecule has 1 aliphatic heterocycles. The van der Waals surface area contributed by atoms with Gasteiger partial charge in [0.1, 0.15) is 0 Å². The summed E-state index contributed by atoms with van der Waals surface area (Å²) in [7, 11) is 0. The maximum Gasteiger partial charge on any atom is 0.0233 e. The highest BCUT2D eigenvalue weighted by Gasteiger charge is 2.43. The molecule has 1 aromatic carbocycles. The number of piperidine rings is 1. The van der Waals surface area contributed by atoms with Gasteiger partial charge in [-0.15, -0.1) is 0 Å². The zero-order valence-corrected chi connectivity index (χ0v) is 11.1. The Hall–Kier alpha value is -0.860. The van der Waals surface area contributed by atoms with E-state index >= 15 is 0 Å². The molecule has 1 aliphatic carbocycles. The highest BCUT2D eigenvalue weighted by atomic mass is 15.1. The third-order valence-corrected chi connectivity index (χ3v) is 4.93. The Bertz CT molecular complexity index is 381. The zero-order chi connectivity index (χ0) is 12.4. The number of hydrogen-bond acceptors (Lipinski definition) is 2. The van der Waals surface area contributed by atoms with Crippen molar-refractivity contribution in [1.29, 1.82) is 0 Å². The van der Waals surface area contributed by atoms with Crippen LogP contribution in [0, 0.1) is 5.41 Å². The van der Waals surface area contributed by atoms with Crippen molar-refractivity contribution in [2.75, 3.05) is 13.1 Å². The van der Waals surface area contributed by atoms with E-state index in [0.29, 0.717) is 11.5 Å². The number of hydrogen-bond donors (Lipinski definition) is 1. The number of rotatable bonds is 2. The van der Waals surface area contributed by atoms with E-state index in [4.69, 9.17) is 5.73 Å². The lowest BCUT2D eigenvalue weighted by molar-refractivity contribution is 0.0660. The van der Waals surface area contributed by atoms with Gasteiger partial charge in [-0.1, -0.05) is 43.2 Å². The van der Waals surface area contributed by atoms with E-state index in [0.717, 1.165) is 13.1 Å². The van der Waals surface area contributed by atoms with Gasteiger partial charge in [0.05, 0.1) is 0 Å². The molecule has 0 bridgehead atoms. The average molecular weight is 244 g/mol. The summed E-state index contributed by atoms with van der Waals surface area (Å²) in [6, 6.07) is 11.3. The molecule has 1 heterocycles. The molecular weight excluding hydrogens is 220 g/mol. The van der Waals surface area contributed by atoms with Crippen molar-refractivity contribution in [1.82, 2.24) is 4.90 Å². The van der Waals surface area contributed by atoms with Gasteiger partial charge in [0, 0.05) is 25.7 Å². The van der Waals surface area contributed by atoms with E-state index in [1.165, 1.54) is 44.2 Å². The molecule has 98 valence electrons. The molecule has 0 radical (unpaired) electrons. The van der Waals surface area contributed by atoms with Crippen LogP contribution in [0.5, 0.6) is 0 Å². The maximum atomic E-state index is 6.40. The van der Waals surface area contributed by atoms with Gasteiger partial charge in [0.25, 0.3) is 0 Å². The highest BCUT2D eigenvalue weighted by molar-refractivity contribution is 5.15. The molecule has 0 amide bonds. The first-order chi connectivity index (χ1) is 8.78. The van der Waals surface area contributed by atoms with E-state index in [9.17, 15) is 0 Å². The zero-order valence-electron chi connectivity index (χ0n) is 11.1. The summed E-state index contributed by atoms with van der Waals surface area (Å²) in [4.78, 5) is 2.62. The lowest BCUT2D eigenvalue weighted by Gasteiger charge is -2.45. The van der Waals surface area contributed by atoms with Crippen LogP contribution in [0.25, 0.3) is 0 Å². The van der Waals surface area contributed by atoms with Crippen LogP contribution in [0.3, 0.4) is 0 Å². The third-order valence-electron chi connectivity index (χ3n) is 4.93. The largest absolute Gasteiger partial charge is 0.327 e. The Labute approximate surface area is 110 Å². The Kier molecular flexibility index (Phi) is 3.40. The van der Waals surface area contributed by atoms with Gasteiger partial charge in [0.15, 0.2) is 0 Å². The summed E-state index contributed by atoms with van der Waals surface area (Å²) < 4.78 is 0. The second-order valence-corrected chi connectivity index (χ2v) is 6.16. The van der Waals surface area contributed by atoms with Crippen LogP contribution < -0.4 is 5.73 Å². The third kappa shape index (κ3) is 2.32. The Morgan fingerprint density at radius 2 is 1.89 bits per heavy atom. The molecule has 2 nitrogen and oxygen atoms in total. The normalized spacial score (nSPS) is 27.7. The average Bonchev–Trinajstić information content (AvgIpc) is 2.85. The van der Waals surface area contributed by atoms with Crippen LogP contribution in [-0.4, -0.2) is 24.0 Å². The number of likely N-dealkylation sites (tertiary alicyclic amines) is 1. The lowest BCUT2D eigenvalue weighted by atomic mass is 9.74. The molecule has 0 aromatic heterocycles. The lowest BCUT2D eigenvalue weighted by Crippen LogP contribution is -2.53. The van der Waals surface area contributed by atoms with Gasteiger partial charge in [-0.2, -0.15) is 0 Å². The molecule has 3 rings (SSSR count). The topological polar surface area (TPSA) is 29.3 Å². The molecule has 1 aromatic rings. The molecule has 2 fully saturated rings. The summed E-state index contributed by atoms with van der Waals surface area (Å²) in [5, 5.41) is 0. The molecule has 2 N–H and O–H groups in total. The van der Waals surface area contributed by atoms with Gasteiger partial charge in [-0.25, -0.2) is 0 Å². The van der Waals surface area contributed by atoms with Crippen LogP contribution >= 0.6 is 0 Å². The second-order valence-electron chi connectivity index (χ2n) is 6.16. The summed E-state index contributed by atoms with van der Waals surface area (Å²) in [5.41, 5.74) is 8.27. The fraction of sp³-hybridized carbons (Fsp3) is 0.625. The maximum absolute atomic E-state index is 6.40. The first kappa shape index (κ1) is 12.2. The fourth-order valence-corrected chi connectivity index (χ4v) is 3.85.